The van der Waals surface area contributed by atoms with E-state index in [1.807, 2.05) is 31.2 Å². The molecule has 0 bridgehead atoms. The molecule has 3 nitrogen and oxygen atoms in total. The summed E-state index contributed by atoms with van der Waals surface area (Å²) in [4.78, 5) is 0. The van der Waals surface area contributed by atoms with Crippen LogP contribution >= 0.6 is 10.7 Å². The van der Waals surface area contributed by atoms with E-state index in [1.54, 1.807) is 0 Å². The Bertz CT molecular complexity index is 494. The molecule has 0 saturated carbocycles. The van der Waals surface area contributed by atoms with Gasteiger partial charge in [-0.2, -0.15) is 0 Å². The van der Waals surface area contributed by atoms with E-state index in [9.17, 15) is 8.42 Å². The van der Waals surface area contributed by atoms with Crippen molar-refractivity contribution in [2.45, 2.75) is 39.5 Å². The van der Waals surface area contributed by atoms with Crippen molar-refractivity contribution in [3.05, 3.63) is 29.8 Å². The lowest BCUT2D eigenvalue weighted by Gasteiger charge is -2.16. The third kappa shape index (κ3) is 6.62. The number of hydrogen-bond acceptors (Lipinski definition) is 3. The number of ether oxygens (including phenoxy) is 1. The lowest BCUT2D eigenvalue weighted by molar-refractivity contribution is 0.253. The summed E-state index contributed by atoms with van der Waals surface area (Å²) in [5.41, 5.74) is 1.26. The first kappa shape index (κ1) is 17.3. The van der Waals surface area contributed by atoms with Gasteiger partial charge in [0.15, 0.2) is 0 Å². The Kier molecular flexibility index (Phi) is 6.83. The second-order valence-electron chi connectivity index (χ2n) is 5.39. The standard InChI is InChI=1S/C15H23ClO3S/c1-4-5-13(11-20(16,17)18)10-19-15-8-6-14(7-9-15)12(2)3/h6-9,12-13H,4-5,10-11H2,1-3H3. The number of halogens is 1. The maximum absolute atomic E-state index is 11.2. The van der Waals surface area contributed by atoms with E-state index in [-0.39, 0.29) is 11.7 Å². The first-order valence-electron chi connectivity index (χ1n) is 6.97. The summed E-state index contributed by atoms with van der Waals surface area (Å²) < 4.78 is 28.0. The third-order valence-electron chi connectivity index (χ3n) is 3.16. The molecule has 0 heterocycles. The molecule has 0 aliphatic rings. The minimum Gasteiger partial charge on any atom is -0.493 e. The van der Waals surface area contributed by atoms with Gasteiger partial charge in [-0.25, -0.2) is 8.42 Å². The molecule has 0 fully saturated rings. The summed E-state index contributed by atoms with van der Waals surface area (Å²) in [6.07, 6.45) is 1.70. The zero-order chi connectivity index (χ0) is 15.2. The molecule has 1 atom stereocenters. The van der Waals surface area contributed by atoms with Crippen LogP contribution in [0.5, 0.6) is 5.75 Å². The molecular formula is C15H23ClO3S. The Balaban J connectivity index is 2.58. The van der Waals surface area contributed by atoms with E-state index < -0.39 is 9.05 Å². The summed E-state index contributed by atoms with van der Waals surface area (Å²) in [5.74, 6) is 1.15. The number of hydrogen-bond donors (Lipinski definition) is 0. The summed E-state index contributed by atoms with van der Waals surface area (Å²) >= 11 is 0. The van der Waals surface area contributed by atoms with Gasteiger partial charge in [0.2, 0.25) is 9.05 Å². The molecular weight excluding hydrogens is 296 g/mol. The maximum Gasteiger partial charge on any atom is 0.232 e. The molecule has 114 valence electrons. The van der Waals surface area contributed by atoms with Crippen LogP contribution < -0.4 is 4.74 Å². The van der Waals surface area contributed by atoms with Gasteiger partial charge in [0.25, 0.3) is 0 Å². The molecule has 0 N–H and O–H groups in total. The zero-order valence-corrected chi connectivity index (χ0v) is 13.9. The lowest BCUT2D eigenvalue weighted by Crippen LogP contribution is -2.19. The van der Waals surface area contributed by atoms with Gasteiger partial charge in [0.05, 0.1) is 12.4 Å². The second-order valence-corrected chi connectivity index (χ2v) is 8.22. The van der Waals surface area contributed by atoms with Crippen LogP contribution in [0, 0.1) is 5.92 Å². The Morgan fingerprint density at radius 1 is 1.20 bits per heavy atom. The summed E-state index contributed by atoms with van der Waals surface area (Å²) in [6.45, 7) is 6.67. The molecule has 5 heteroatoms. The molecule has 20 heavy (non-hydrogen) atoms. The van der Waals surface area contributed by atoms with Crippen LogP contribution in [-0.2, 0) is 9.05 Å². The minimum absolute atomic E-state index is 0.0352. The topological polar surface area (TPSA) is 43.4 Å². The molecule has 0 amide bonds. The van der Waals surface area contributed by atoms with Crippen molar-refractivity contribution in [1.82, 2.24) is 0 Å². The molecule has 0 radical (unpaired) electrons. The highest BCUT2D eigenvalue weighted by Gasteiger charge is 2.17. The van der Waals surface area contributed by atoms with Gasteiger partial charge in [-0.05, 0) is 30.0 Å². The van der Waals surface area contributed by atoms with Gasteiger partial charge < -0.3 is 4.74 Å². The summed E-state index contributed by atoms with van der Waals surface area (Å²) in [7, 11) is 1.84. The first-order valence-corrected chi connectivity index (χ1v) is 9.44. The van der Waals surface area contributed by atoms with Crippen molar-refractivity contribution in [3.8, 4) is 5.75 Å². The second kappa shape index (κ2) is 7.89. The highest BCUT2D eigenvalue weighted by Crippen LogP contribution is 2.20. The normalized spacial score (nSPS) is 13.4. The van der Waals surface area contributed by atoms with Gasteiger partial charge in [0, 0.05) is 16.6 Å². The minimum atomic E-state index is -3.48. The van der Waals surface area contributed by atoms with E-state index in [1.165, 1.54) is 5.56 Å². The highest BCUT2D eigenvalue weighted by atomic mass is 35.7. The molecule has 0 aliphatic heterocycles. The summed E-state index contributed by atoms with van der Waals surface area (Å²) in [5, 5.41) is 0. The van der Waals surface area contributed by atoms with Gasteiger partial charge in [-0.15, -0.1) is 0 Å². The van der Waals surface area contributed by atoms with Crippen molar-refractivity contribution in [2.24, 2.45) is 5.92 Å². The van der Waals surface area contributed by atoms with E-state index in [2.05, 4.69) is 13.8 Å². The van der Waals surface area contributed by atoms with Crippen LogP contribution in [0.3, 0.4) is 0 Å². The van der Waals surface area contributed by atoms with Crippen molar-refractivity contribution in [2.75, 3.05) is 12.4 Å². The van der Waals surface area contributed by atoms with Crippen molar-refractivity contribution in [1.29, 1.82) is 0 Å². The average molecular weight is 319 g/mol. The zero-order valence-electron chi connectivity index (χ0n) is 12.3. The van der Waals surface area contributed by atoms with Crippen LogP contribution in [0.2, 0.25) is 0 Å². The molecule has 0 aliphatic carbocycles. The van der Waals surface area contributed by atoms with Crippen molar-refractivity contribution < 1.29 is 13.2 Å². The average Bonchev–Trinajstić information content (AvgIpc) is 2.35. The van der Waals surface area contributed by atoms with Gasteiger partial charge in [-0.3, -0.25) is 0 Å². The molecule has 1 rings (SSSR count). The van der Waals surface area contributed by atoms with E-state index in [0.29, 0.717) is 12.5 Å². The molecule has 1 aromatic carbocycles. The van der Waals surface area contributed by atoms with E-state index in [4.69, 9.17) is 15.4 Å². The van der Waals surface area contributed by atoms with Crippen LogP contribution in [0.1, 0.15) is 45.1 Å². The summed E-state index contributed by atoms with van der Waals surface area (Å²) in [6, 6.07) is 7.92. The van der Waals surface area contributed by atoms with Crippen molar-refractivity contribution >= 4 is 19.7 Å². The van der Waals surface area contributed by atoms with Gasteiger partial charge in [0.1, 0.15) is 5.75 Å². The third-order valence-corrected chi connectivity index (χ3v) is 4.41. The maximum atomic E-state index is 11.2. The predicted octanol–water partition coefficient (Wildman–Crippen LogP) is 4.17. The molecule has 0 spiro atoms. The smallest absolute Gasteiger partial charge is 0.232 e. The molecule has 1 unspecified atom stereocenters. The van der Waals surface area contributed by atoms with Crippen LogP contribution in [0.15, 0.2) is 24.3 Å². The van der Waals surface area contributed by atoms with E-state index >= 15 is 0 Å². The van der Waals surface area contributed by atoms with E-state index in [0.717, 1.165) is 18.6 Å². The van der Waals surface area contributed by atoms with Crippen molar-refractivity contribution in [3.63, 3.8) is 0 Å². The monoisotopic (exact) mass is 318 g/mol. The molecule has 1 aromatic rings. The SMILES string of the molecule is CCCC(COc1ccc(C(C)C)cc1)CS(=O)(=O)Cl. The largest absolute Gasteiger partial charge is 0.493 e. The van der Waals surface area contributed by atoms with Gasteiger partial charge >= 0.3 is 0 Å². The first-order chi connectivity index (χ1) is 9.31. The Labute approximate surface area is 126 Å². The van der Waals surface area contributed by atoms with Crippen LogP contribution in [0.4, 0.5) is 0 Å². The van der Waals surface area contributed by atoms with Crippen LogP contribution in [0.25, 0.3) is 0 Å². The fraction of sp³-hybridized carbons (Fsp3) is 0.600. The number of rotatable bonds is 8. The fourth-order valence-electron chi connectivity index (χ4n) is 2.07. The Morgan fingerprint density at radius 2 is 1.80 bits per heavy atom. The van der Waals surface area contributed by atoms with Gasteiger partial charge in [-0.1, -0.05) is 39.3 Å². The Hall–Kier alpha value is -0.740. The Morgan fingerprint density at radius 3 is 2.25 bits per heavy atom. The van der Waals surface area contributed by atoms with Crippen LogP contribution in [-0.4, -0.2) is 20.8 Å². The predicted molar refractivity (Wildman–Crippen MR) is 84.1 cm³/mol. The molecule has 0 aromatic heterocycles. The fourth-order valence-corrected chi connectivity index (χ4v) is 3.43. The number of benzene rings is 1. The quantitative estimate of drug-likeness (QED) is 0.675. The highest BCUT2D eigenvalue weighted by molar-refractivity contribution is 8.13. The molecule has 0 saturated heterocycles. The lowest BCUT2D eigenvalue weighted by atomic mass is 10.0.